The fraction of sp³-hybridized carbons (Fsp3) is 0.565. The van der Waals surface area contributed by atoms with E-state index in [0.29, 0.717) is 18.1 Å². The molecule has 9 nitrogen and oxygen atoms in total. The standard InChI is InChI=1S/C23H34N8O/c1-5-18-12-20(28(4)27-18)23(32)30-10-7-6-8-19(30)13-21-26-22(16(2)14-31(21)25-3)29-11-9-17(24)15-29/h12-14,17,19H,3,5-11,15,24H2,1-2,4H3/b21-13-/t17-,19?/m0/s1. The van der Waals surface area contributed by atoms with E-state index in [2.05, 4.69) is 27.9 Å². The summed E-state index contributed by atoms with van der Waals surface area (Å²) in [5, 5.41) is 10.3. The van der Waals surface area contributed by atoms with Crippen LogP contribution in [-0.4, -0.2) is 74.8 Å². The molecular weight excluding hydrogens is 404 g/mol. The van der Waals surface area contributed by atoms with Crippen LogP contribution in [0.4, 0.5) is 0 Å². The van der Waals surface area contributed by atoms with Crippen molar-refractivity contribution in [1.82, 2.24) is 24.6 Å². The minimum absolute atomic E-state index is 0.0108. The highest BCUT2D eigenvalue weighted by molar-refractivity contribution is 5.99. The molecule has 4 rings (SSSR count). The first-order chi connectivity index (χ1) is 15.4. The zero-order valence-electron chi connectivity index (χ0n) is 19.4. The smallest absolute Gasteiger partial charge is 0.272 e. The summed E-state index contributed by atoms with van der Waals surface area (Å²) in [6.45, 7) is 10.2. The van der Waals surface area contributed by atoms with Crippen LogP contribution in [0, 0.1) is 0 Å². The third-order valence-electron chi connectivity index (χ3n) is 6.46. The van der Waals surface area contributed by atoms with E-state index in [9.17, 15) is 4.79 Å². The van der Waals surface area contributed by atoms with Crippen LogP contribution in [0.25, 0.3) is 0 Å². The van der Waals surface area contributed by atoms with E-state index in [0.717, 1.165) is 62.3 Å². The Hall–Kier alpha value is -2.94. The molecule has 32 heavy (non-hydrogen) atoms. The number of carbonyl (C=O) groups excluding carboxylic acids is 1. The number of aliphatic imine (C=N–C) groups is 1. The SMILES string of the molecule is C=NN1C=C(C)C(N2CC[C@H](N)C2)=N/C1=C/C1CCCCN1C(=O)c1cc(CC)nn1C. The predicted octanol–water partition coefficient (Wildman–Crippen LogP) is 2.09. The number of nitrogens with two attached hydrogens (primary N) is 1. The molecule has 1 aromatic heterocycles. The molecule has 0 bridgehead atoms. The molecule has 1 amide bonds. The van der Waals surface area contributed by atoms with Crippen LogP contribution in [0.3, 0.4) is 0 Å². The normalized spacial score (nSPS) is 25.2. The Bertz CT molecular complexity index is 975. The van der Waals surface area contributed by atoms with Gasteiger partial charge < -0.3 is 15.5 Å². The lowest BCUT2D eigenvalue weighted by atomic mass is 10.0. The summed E-state index contributed by atoms with van der Waals surface area (Å²) in [7, 11) is 1.83. The molecule has 0 aromatic carbocycles. The first-order valence-corrected chi connectivity index (χ1v) is 11.5. The molecule has 2 fully saturated rings. The summed E-state index contributed by atoms with van der Waals surface area (Å²) >= 11 is 0. The van der Waals surface area contributed by atoms with Crippen LogP contribution in [0.2, 0.25) is 0 Å². The van der Waals surface area contributed by atoms with Crippen molar-refractivity contribution in [1.29, 1.82) is 0 Å². The summed E-state index contributed by atoms with van der Waals surface area (Å²) in [6.07, 6.45) is 8.73. The Balaban J connectivity index is 1.64. The van der Waals surface area contributed by atoms with Crippen LogP contribution in [-0.2, 0) is 13.5 Å². The van der Waals surface area contributed by atoms with Crippen molar-refractivity contribution in [2.75, 3.05) is 19.6 Å². The fourth-order valence-electron chi connectivity index (χ4n) is 4.68. The summed E-state index contributed by atoms with van der Waals surface area (Å²) in [4.78, 5) is 22.6. The monoisotopic (exact) mass is 438 g/mol. The molecular formula is C23H34N8O. The maximum absolute atomic E-state index is 13.4. The Labute approximate surface area is 189 Å². The van der Waals surface area contributed by atoms with Gasteiger partial charge in [-0.1, -0.05) is 6.92 Å². The van der Waals surface area contributed by atoms with Crippen molar-refractivity contribution in [3.8, 4) is 0 Å². The van der Waals surface area contributed by atoms with Gasteiger partial charge in [0.25, 0.3) is 5.91 Å². The van der Waals surface area contributed by atoms with Crippen LogP contribution in [0.1, 0.15) is 55.7 Å². The third-order valence-corrected chi connectivity index (χ3v) is 6.46. The molecule has 0 radical (unpaired) electrons. The van der Waals surface area contributed by atoms with E-state index >= 15 is 0 Å². The topological polar surface area (TPSA) is 95.3 Å². The lowest BCUT2D eigenvalue weighted by Gasteiger charge is -2.35. The first kappa shape index (κ1) is 22.3. The maximum atomic E-state index is 13.4. The highest BCUT2D eigenvalue weighted by Crippen LogP contribution is 2.27. The second-order valence-electron chi connectivity index (χ2n) is 8.81. The Kier molecular flexibility index (Phi) is 6.45. The molecule has 172 valence electrons. The fourth-order valence-corrected chi connectivity index (χ4v) is 4.68. The first-order valence-electron chi connectivity index (χ1n) is 11.5. The van der Waals surface area contributed by atoms with Gasteiger partial charge in [0.15, 0.2) is 5.82 Å². The van der Waals surface area contributed by atoms with E-state index in [1.807, 2.05) is 38.1 Å². The largest absolute Gasteiger partial charge is 0.355 e. The molecule has 1 aromatic rings. The van der Waals surface area contributed by atoms with Gasteiger partial charge >= 0.3 is 0 Å². The quantitative estimate of drug-likeness (QED) is 0.727. The average molecular weight is 439 g/mol. The molecule has 2 atom stereocenters. The Morgan fingerprint density at radius 2 is 2.16 bits per heavy atom. The lowest BCUT2D eigenvalue weighted by Crippen LogP contribution is -2.44. The highest BCUT2D eigenvalue weighted by Gasteiger charge is 2.31. The van der Waals surface area contributed by atoms with Crippen LogP contribution in [0.15, 0.2) is 39.8 Å². The number of hydrogen-bond donors (Lipinski definition) is 1. The number of rotatable bonds is 4. The molecule has 2 saturated heterocycles. The molecule has 4 heterocycles. The number of aromatic nitrogens is 2. The molecule has 3 aliphatic rings. The summed E-state index contributed by atoms with van der Waals surface area (Å²) in [6, 6.07) is 2.01. The molecule has 9 heteroatoms. The maximum Gasteiger partial charge on any atom is 0.272 e. The number of hydrogen-bond acceptors (Lipinski definition) is 7. The van der Waals surface area contributed by atoms with Gasteiger partial charge in [-0.2, -0.15) is 10.2 Å². The van der Waals surface area contributed by atoms with Crippen molar-refractivity contribution in [3.63, 3.8) is 0 Å². The molecule has 0 aliphatic carbocycles. The van der Waals surface area contributed by atoms with Gasteiger partial charge in [0.05, 0.1) is 11.7 Å². The van der Waals surface area contributed by atoms with Crippen molar-refractivity contribution in [3.05, 3.63) is 41.1 Å². The van der Waals surface area contributed by atoms with Crippen molar-refractivity contribution >= 4 is 18.5 Å². The molecule has 1 unspecified atom stereocenters. The number of amidine groups is 1. The van der Waals surface area contributed by atoms with Gasteiger partial charge in [0, 0.05) is 51.2 Å². The van der Waals surface area contributed by atoms with E-state index in [1.54, 1.807) is 9.69 Å². The van der Waals surface area contributed by atoms with Crippen molar-refractivity contribution in [2.24, 2.45) is 22.9 Å². The number of nitrogens with zero attached hydrogens (tertiary/aromatic N) is 7. The summed E-state index contributed by atoms with van der Waals surface area (Å²) in [5.74, 6) is 1.64. The molecule has 3 aliphatic heterocycles. The molecule has 0 spiro atoms. The predicted molar refractivity (Wildman–Crippen MR) is 126 cm³/mol. The Morgan fingerprint density at radius 1 is 1.34 bits per heavy atom. The zero-order chi connectivity index (χ0) is 22.8. The molecule has 0 saturated carbocycles. The van der Waals surface area contributed by atoms with Crippen LogP contribution < -0.4 is 5.73 Å². The van der Waals surface area contributed by atoms with E-state index in [1.165, 1.54) is 0 Å². The van der Waals surface area contributed by atoms with Gasteiger partial charge in [0.1, 0.15) is 11.5 Å². The minimum atomic E-state index is -0.0619. The second-order valence-corrected chi connectivity index (χ2v) is 8.81. The Morgan fingerprint density at radius 3 is 2.81 bits per heavy atom. The molecule has 2 N–H and O–H groups in total. The van der Waals surface area contributed by atoms with E-state index in [4.69, 9.17) is 10.7 Å². The minimum Gasteiger partial charge on any atom is -0.355 e. The van der Waals surface area contributed by atoms with Crippen molar-refractivity contribution in [2.45, 2.75) is 58.0 Å². The van der Waals surface area contributed by atoms with E-state index < -0.39 is 0 Å². The van der Waals surface area contributed by atoms with Gasteiger partial charge in [-0.3, -0.25) is 9.48 Å². The van der Waals surface area contributed by atoms with Gasteiger partial charge in [-0.15, -0.1) is 0 Å². The third kappa shape index (κ3) is 4.34. The van der Waals surface area contributed by atoms with Gasteiger partial charge in [0.2, 0.25) is 0 Å². The van der Waals surface area contributed by atoms with Gasteiger partial charge in [-0.05, 0) is 51.2 Å². The zero-order valence-corrected chi connectivity index (χ0v) is 19.4. The summed E-state index contributed by atoms with van der Waals surface area (Å²) < 4.78 is 1.69. The number of likely N-dealkylation sites (tertiary alicyclic amines) is 2. The van der Waals surface area contributed by atoms with Crippen molar-refractivity contribution < 1.29 is 4.79 Å². The number of hydrazone groups is 1. The highest BCUT2D eigenvalue weighted by atomic mass is 16.2. The van der Waals surface area contributed by atoms with E-state index in [-0.39, 0.29) is 18.0 Å². The number of aryl methyl sites for hydroxylation is 2. The summed E-state index contributed by atoms with van der Waals surface area (Å²) in [5.41, 5.74) is 8.71. The number of piperidine rings is 1. The van der Waals surface area contributed by atoms with Gasteiger partial charge in [-0.25, -0.2) is 10.0 Å². The number of amides is 1. The average Bonchev–Trinajstić information content (AvgIpc) is 3.39. The van der Waals surface area contributed by atoms with Crippen LogP contribution in [0.5, 0.6) is 0 Å². The second kappa shape index (κ2) is 9.28. The van der Waals surface area contributed by atoms with Crippen LogP contribution >= 0.6 is 0 Å². The lowest BCUT2D eigenvalue weighted by molar-refractivity contribution is 0.0650. The number of carbonyl (C=O) groups is 1.